The summed E-state index contributed by atoms with van der Waals surface area (Å²) >= 11 is 0. The number of allylic oxidation sites excluding steroid dienone is 2. The summed E-state index contributed by atoms with van der Waals surface area (Å²) in [6.45, 7) is 5.20. The fourth-order valence-electron chi connectivity index (χ4n) is 8.30. The summed E-state index contributed by atoms with van der Waals surface area (Å²) in [6.07, 6.45) is 7.87. The van der Waals surface area contributed by atoms with Gasteiger partial charge < -0.3 is 9.84 Å². The Balaban J connectivity index is 1.06. The molecule has 7 nitrogen and oxygen atoms in total. The fraction of sp³-hybridized carbons (Fsp3) is 0.410. The summed E-state index contributed by atoms with van der Waals surface area (Å²) in [5, 5.41) is 9.67. The first-order valence-corrected chi connectivity index (χ1v) is 17.0. The van der Waals surface area contributed by atoms with Gasteiger partial charge in [-0.05, 0) is 91.1 Å². The third-order valence-electron chi connectivity index (χ3n) is 10.6. The molecule has 0 unspecified atom stereocenters. The van der Waals surface area contributed by atoms with Gasteiger partial charge in [0.1, 0.15) is 0 Å². The van der Waals surface area contributed by atoms with E-state index in [-0.39, 0.29) is 47.5 Å². The van der Waals surface area contributed by atoms with E-state index in [0.29, 0.717) is 31.4 Å². The number of ether oxygens (including phenoxy) is 1. The number of likely N-dealkylation sites (tertiary alicyclic amines) is 2. The summed E-state index contributed by atoms with van der Waals surface area (Å²) in [5.74, 6) is -1.79. The number of hydrogen-bond acceptors (Lipinski definition) is 6. The van der Waals surface area contributed by atoms with Crippen molar-refractivity contribution in [3.8, 4) is 5.75 Å². The van der Waals surface area contributed by atoms with E-state index < -0.39 is 5.82 Å². The van der Waals surface area contributed by atoms with Crippen molar-refractivity contribution in [3.05, 3.63) is 107 Å². The number of hydrogen-bond donors (Lipinski definition) is 1. The first-order chi connectivity index (χ1) is 22.9. The monoisotopic (exact) mass is 635 g/mol. The van der Waals surface area contributed by atoms with Crippen LogP contribution in [0.1, 0.15) is 62.3 Å². The molecule has 3 aliphatic heterocycles. The number of carbonyl (C=O) groups excluding carboxylic acids is 2. The number of fused-ring (bicyclic) bond motifs is 3. The van der Waals surface area contributed by atoms with Crippen LogP contribution in [0.4, 0.5) is 4.39 Å². The minimum atomic E-state index is -0.668. The number of phenolic OH excluding ortho intramolecular Hbond substituents is 1. The van der Waals surface area contributed by atoms with Crippen molar-refractivity contribution in [2.75, 3.05) is 19.7 Å². The van der Waals surface area contributed by atoms with Gasteiger partial charge in [0.25, 0.3) is 0 Å². The van der Waals surface area contributed by atoms with Crippen molar-refractivity contribution < 1.29 is 23.8 Å². The fourth-order valence-corrected chi connectivity index (χ4v) is 8.30. The van der Waals surface area contributed by atoms with E-state index in [0.717, 1.165) is 50.2 Å². The molecule has 0 saturated carbocycles. The summed E-state index contributed by atoms with van der Waals surface area (Å²) < 4.78 is 20.6. The molecule has 4 atom stereocenters. The molecule has 7 rings (SSSR count). The van der Waals surface area contributed by atoms with Crippen LogP contribution in [0.15, 0.2) is 84.1 Å². The van der Waals surface area contributed by atoms with Gasteiger partial charge in [-0.15, -0.1) is 0 Å². The maximum absolute atomic E-state index is 14.2. The normalized spacial score (nSPS) is 25.4. The Morgan fingerprint density at radius 2 is 1.81 bits per heavy atom. The minimum absolute atomic E-state index is 0.00756. The highest BCUT2D eigenvalue weighted by Crippen LogP contribution is 2.51. The van der Waals surface area contributed by atoms with Crippen molar-refractivity contribution in [3.63, 3.8) is 0 Å². The molecule has 244 valence electrons. The average molecular weight is 636 g/mol. The van der Waals surface area contributed by atoms with Gasteiger partial charge in [-0.1, -0.05) is 55.0 Å². The molecule has 0 spiro atoms. The third-order valence-corrected chi connectivity index (χ3v) is 10.6. The van der Waals surface area contributed by atoms with Crippen molar-refractivity contribution >= 4 is 23.5 Å². The number of pyridine rings is 1. The quantitative estimate of drug-likeness (QED) is 0.210. The van der Waals surface area contributed by atoms with Gasteiger partial charge in [-0.3, -0.25) is 24.4 Å². The smallest absolute Gasteiger partial charge is 0.234 e. The largest absolute Gasteiger partial charge is 0.505 e. The molecule has 2 aromatic carbocycles. The van der Waals surface area contributed by atoms with Crippen molar-refractivity contribution in [1.29, 1.82) is 0 Å². The molecule has 3 saturated heterocycles. The lowest BCUT2D eigenvalue weighted by Crippen LogP contribution is -2.47. The molecule has 4 aliphatic rings. The SMILES string of the molecule is CCC1=C2[C@@H](CC/C(=C/c3ccc(O)c(F)c3)c3ccccn3)OC[C@@H]2[C@@H]2C(=O)N(C3CCN(Cc4ccccc4)CC3)C(=O)[C@@H]2C1. The zero-order valence-corrected chi connectivity index (χ0v) is 26.9. The Bertz CT molecular complexity index is 1680. The van der Waals surface area contributed by atoms with Crippen molar-refractivity contribution in [1.82, 2.24) is 14.8 Å². The number of amides is 2. The molecule has 8 heteroatoms. The van der Waals surface area contributed by atoms with Crippen LogP contribution in [0.25, 0.3) is 11.6 Å². The highest BCUT2D eigenvalue weighted by Gasteiger charge is 2.58. The molecule has 2 amide bonds. The zero-order valence-electron chi connectivity index (χ0n) is 26.9. The highest BCUT2D eigenvalue weighted by atomic mass is 19.1. The number of aromatic nitrogens is 1. The third kappa shape index (κ3) is 6.29. The number of rotatable bonds is 9. The van der Waals surface area contributed by atoms with Gasteiger partial charge in [0.05, 0.1) is 30.2 Å². The highest BCUT2D eigenvalue weighted by molar-refractivity contribution is 6.06. The van der Waals surface area contributed by atoms with Crippen LogP contribution in [0, 0.1) is 23.6 Å². The predicted molar refractivity (Wildman–Crippen MR) is 178 cm³/mol. The number of nitrogens with zero attached hydrogens (tertiary/aromatic N) is 3. The molecule has 1 aliphatic carbocycles. The summed E-state index contributed by atoms with van der Waals surface area (Å²) in [5.41, 5.74) is 6.12. The Morgan fingerprint density at radius 1 is 1.02 bits per heavy atom. The lowest BCUT2D eigenvalue weighted by atomic mass is 9.69. The van der Waals surface area contributed by atoms with Crippen LogP contribution in [0.3, 0.4) is 0 Å². The number of phenols is 1. The lowest BCUT2D eigenvalue weighted by molar-refractivity contribution is -0.144. The van der Waals surface area contributed by atoms with Crippen LogP contribution in [0.5, 0.6) is 5.75 Å². The molecule has 1 N–H and O–H groups in total. The van der Waals surface area contributed by atoms with Gasteiger partial charge in [0.2, 0.25) is 11.8 Å². The lowest BCUT2D eigenvalue weighted by Gasteiger charge is -2.36. The summed E-state index contributed by atoms with van der Waals surface area (Å²) in [7, 11) is 0. The maximum atomic E-state index is 14.2. The molecule has 47 heavy (non-hydrogen) atoms. The van der Waals surface area contributed by atoms with Gasteiger partial charge in [0, 0.05) is 37.8 Å². The topological polar surface area (TPSA) is 83.0 Å². The van der Waals surface area contributed by atoms with Crippen LogP contribution >= 0.6 is 0 Å². The molecule has 0 radical (unpaired) electrons. The van der Waals surface area contributed by atoms with Gasteiger partial charge >= 0.3 is 0 Å². The van der Waals surface area contributed by atoms with E-state index >= 15 is 0 Å². The van der Waals surface area contributed by atoms with E-state index in [4.69, 9.17) is 4.74 Å². The van der Waals surface area contributed by atoms with Crippen molar-refractivity contribution in [2.45, 2.75) is 64.1 Å². The summed E-state index contributed by atoms with van der Waals surface area (Å²) in [6, 6.07) is 20.5. The molecule has 3 fully saturated rings. The Morgan fingerprint density at radius 3 is 2.53 bits per heavy atom. The number of benzene rings is 2. The number of aromatic hydroxyl groups is 1. The first kappa shape index (κ1) is 31.5. The molecule has 1 aromatic heterocycles. The Labute approximate surface area is 275 Å². The molecule has 0 bridgehead atoms. The minimum Gasteiger partial charge on any atom is -0.505 e. The molecule has 3 aromatic rings. The van der Waals surface area contributed by atoms with E-state index in [2.05, 4.69) is 41.1 Å². The molecular formula is C39H42FN3O4. The van der Waals surface area contributed by atoms with E-state index in [1.54, 1.807) is 17.2 Å². The number of halogens is 1. The molecular weight excluding hydrogens is 593 g/mol. The van der Waals surface area contributed by atoms with Crippen molar-refractivity contribution in [2.24, 2.45) is 17.8 Å². The average Bonchev–Trinajstić information content (AvgIpc) is 3.63. The predicted octanol–water partition coefficient (Wildman–Crippen LogP) is 6.64. The van der Waals surface area contributed by atoms with Crippen LogP contribution in [-0.2, 0) is 20.9 Å². The number of carbonyl (C=O) groups is 2. The Kier molecular flexibility index (Phi) is 9.06. The van der Waals surface area contributed by atoms with E-state index in [1.807, 2.05) is 30.3 Å². The van der Waals surface area contributed by atoms with E-state index in [9.17, 15) is 19.1 Å². The van der Waals surface area contributed by atoms with Crippen LogP contribution < -0.4 is 0 Å². The van der Waals surface area contributed by atoms with Gasteiger partial charge in [-0.2, -0.15) is 0 Å². The first-order valence-electron chi connectivity index (χ1n) is 17.0. The van der Waals surface area contributed by atoms with E-state index in [1.165, 1.54) is 28.8 Å². The van der Waals surface area contributed by atoms with Gasteiger partial charge in [0.15, 0.2) is 11.6 Å². The van der Waals surface area contributed by atoms with Crippen LogP contribution in [0.2, 0.25) is 0 Å². The Hall–Kier alpha value is -4.14. The van der Waals surface area contributed by atoms with Crippen LogP contribution in [-0.4, -0.2) is 63.5 Å². The second-order valence-corrected chi connectivity index (χ2v) is 13.4. The number of imide groups is 1. The maximum Gasteiger partial charge on any atom is 0.234 e. The second-order valence-electron chi connectivity index (χ2n) is 13.4. The summed E-state index contributed by atoms with van der Waals surface area (Å²) in [4.78, 5) is 36.7. The van der Waals surface area contributed by atoms with Gasteiger partial charge in [-0.25, -0.2) is 4.39 Å². The second kappa shape index (κ2) is 13.5. The standard InChI is InChI=1S/C39H42FN3O4/c1-2-27-22-30-37(39(46)43(38(30)45)29-15-18-42(19-16-29)23-25-8-4-3-5-9-25)31-24-47-35(36(27)31)14-12-28(33-10-6-7-17-41-33)20-26-11-13-34(44)32(40)21-26/h3-11,13,17,20-21,29-31,35,37,44H,2,12,14-16,18-19,22-24H2,1H3/b28-20-/t30-,31+,35-,37-/m1/s1. The zero-order chi connectivity index (χ0) is 32.5. The molecule has 4 heterocycles. The number of piperidine rings is 1.